The monoisotopic (exact) mass is 417 g/mol. The molecule has 1 amide bonds. The largest absolute Gasteiger partial charge is 0.330 e. The van der Waals surface area contributed by atoms with Gasteiger partial charge in [-0.25, -0.2) is 0 Å². The summed E-state index contributed by atoms with van der Waals surface area (Å²) in [6.45, 7) is 8.29. The molecule has 0 spiro atoms. The quantitative estimate of drug-likeness (QED) is 0.683. The van der Waals surface area contributed by atoms with E-state index in [0.29, 0.717) is 12.6 Å². The van der Waals surface area contributed by atoms with E-state index in [1.165, 1.54) is 43.2 Å². The van der Waals surface area contributed by atoms with Crippen LogP contribution >= 0.6 is 0 Å². The van der Waals surface area contributed by atoms with Crippen LogP contribution in [0.25, 0.3) is 0 Å². The van der Waals surface area contributed by atoms with Gasteiger partial charge in [0.25, 0.3) is 5.91 Å². The molecule has 164 valence electrons. The molecule has 2 aliphatic heterocycles. The second-order valence-electron chi connectivity index (χ2n) is 10.2. The summed E-state index contributed by atoms with van der Waals surface area (Å²) in [5.74, 6) is 0.214. The van der Waals surface area contributed by atoms with Crippen LogP contribution < -0.4 is 0 Å². The molecule has 31 heavy (non-hydrogen) atoms. The molecule has 1 saturated carbocycles. The molecular weight excluding hydrogens is 382 g/mol. The molecule has 0 radical (unpaired) electrons. The number of rotatable bonds is 4. The number of hydrogen-bond donors (Lipinski definition) is 0. The van der Waals surface area contributed by atoms with Crippen molar-refractivity contribution < 1.29 is 4.79 Å². The lowest BCUT2D eigenvalue weighted by molar-refractivity contribution is 0.0659. The van der Waals surface area contributed by atoms with E-state index < -0.39 is 0 Å². The molecule has 5 rings (SSSR count). The van der Waals surface area contributed by atoms with E-state index in [2.05, 4.69) is 60.0 Å². The summed E-state index contributed by atoms with van der Waals surface area (Å²) < 4.78 is 0. The number of amides is 1. The van der Waals surface area contributed by atoms with Gasteiger partial charge < -0.3 is 4.90 Å². The highest BCUT2D eigenvalue weighted by Crippen LogP contribution is 2.36. The predicted molar refractivity (Wildman–Crippen MR) is 124 cm³/mol. The number of aryl methyl sites for hydroxylation is 1. The van der Waals surface area contributed by atoms with Crippen molar-refractivity contribution in [1.29, 1.82) is 0 Å². The highest BCUT2D eigenvalue weighted by Gasteiger charge is 2.35. The van der Waals surface area contributed by atoms with Gasteiger partial charge in [0, 0.05) is 18.3 Å². The molecule has 2 aromatic rings. The van der Waals surface area contributed by atoms with E-state index >= 15 is 0 Å². The normalized spacial score (nSPS) is 22.0. The van der Waals surface area contributed by atoms with Gasteiger partial charge in [-0.1, -0.05) is 56.5 Å². The Hall–Kier alpha value is -2.20. The van der Waals surface area contributed by atoms with Crippen molar-refractivity contribution in [3.05, 3.63) is 64.5 Å². The summed E-state index contributed by atoms with van der Waals surface area (Å²) in [5, 5.41) is 0. The van der Waals surface area contributed by atoms with E-state index in [4.69, 9.17) is 4.98 Å². The predicted octanol–water partition coefficient (Wildman–Crippen LogP) is 5.23. The highest BCUT2D eigenvalue weighted by molar-refractivity contribution is 5.98. The number of nitrogens with zero attached hydrogens (tertiary/aromatic N) is 3. The topological polar surface area (TPSA) is 36.4 Å². The van der Waals surface area contributed by atoms with Crippen molar-refractivity contribution in [1.82, 2.24) is 14.8 Å². The maximum absolute atomic E-state index is 13.2. The van der Waals surface area contributed by atoms with Crippen molar-refractivity contribution in [2.75, 3.05) is 13.1 Å². The first-order chi connectivity index (χ1) is 15.0. The highest BCUT2D eigenvalue weighted by atomic mass is 16.2. The van der Waals surface area contributed by atoms with Gasteiger partial charge in [-0.3, -0.25) is 14.7 Å². The number of carbonyl (C=O) groups excluding carboxylic acids is 1. The maximum Gasteiger partial charge on any atom is 0.256 e. The second-order valence-corrected chi connectivity index (χ2v) is 10.2. The zero-order chi connectivity index (χ0) is 21.4. The molecule has 0 atom stereocenters. The molecule has 0 bridgehead atoms. The molecule has 0 N–H and O–H groups in total. The molecule has 2 fully saturated rings. The van der Waals surface area contributed by atoms with Gasteiger partial charge in [-0.15, -0.1) is 0 Å². The lowest BCUT2D eigenvalue weighted by Crippen LogP contribution is -2.40. The van der Waals surface area contributed by atoms with Gasteiger partial charge in [-0.05, 0) is 68.3 Å². The van der Waals surface area contributed by atoms with Crippen LogP contribution in [0.1, 0.15) is 84.7 Å². The molecule has 4 heteroatoms. The smallest absolute Gasteiger partial charge is 0.256 e. The number of benzene rings is 1. The minimum absolute atomic E-state index is 0.214. The van der Waals surface area contributed by atoms with Gasteiger partial charge >= 0.3 is 0 Å². The number of aromatic nitrogens is 1. The molecule has 1 aromatic heterocycles. The average molecular weight is 418 g/mol. The second kappa shape index (κ2) is 8.38. The Morgan fingerprint density at radius 2 is 1.77 bits per heavy atom. The Balaban J connectivity index is 1.27. The molecule has 3 heterocycles. The first-order valence-electron chi connectivity index (χ1n) is 12.1. The van der Waals surface area contributed by atoms with Gasteiger partial charge in [0.15, 0.2) is 0 Å². The molecule has 1 aliphatic carbocycles. The van der Waals surface area contributed by atoms with E-state index in [9.17, 15) is 4.79 Å². The first kappa shape index (κ1) is 20.7. The molecular formula is C27H35N3O. The lowest BCUT2D eigenvalue weighted by atomic mass is 9.74. The van der Waals surface area contributed by atoms with Crippen LogP contribution in [0.5, 0.6) is 0 Å². The number of likely N-dealkylation sites (tertiary alicyclic amines) is 1. The van der Waals surface area contributed by atoms with Crippen molar-refractivity contribution >= 4 is 5.91 Å². The Bertz CT molecular complexity index is 940. The summed E-state index contributed by atoms with van der Waals surface area (Å²) in [6.07, 6.45) is 8.45. The van der Waals surface area contributed by atoms with E-state index in [1.54, 1.807) is 0 Å². The summed E-state index contributed by atoms with van der Waals surface area (Å²) in [7, 11) is 0. The molecule has 3 aliphatic rings. The lowest BCUT2D eigenvalue weighted by Gasteiger charge is -2.40. The fourth-order valence-electron chi connectivity index (χ4n) is 5.81. The summed E-state index contributed by atoms with van der Waals surface area (Å²) in [5.41, 5.74) is 5.89. The van der Waals surface area contributed by atoms with Gasteiger partial charge in [0.1, 0.15) is 0 Å². The third-order valence-corrected chi connectivity index (χ3v) is 8.05. The fraction of sp³-hybridized carbons (Fsp3) is 0.556. The molecule has 1 saturated heterocycles. The van der Waals surface area contributed by atoms with Crippen molar-refractivity contribution in [3.8, 4) is 0 Å². The fourth-order valence-corrected chi connectivity index (χ4v) is 5.81. The molecule has 0 unspecified atom stereocenters. The Labute approximate surface area is 186 Å². The van der Waals surface area contributed by atoms with Crippen LogP contribution in [-0.4, -0.2) is 39.8 Å². The number of fused-ring (bicyclic) bond motifs is 1. The van der Waals surface area contributed by atoms with Crippen molar-refractivity contribution in [2.45, 2.75) is 83.3 Å². The SMILES string of the molecule is Cc1nc2c(cc1CN1CCC(C)(c3ccccc3)CC1)C(=O)N(C1CCCCC1)C2. The molecule has 4 nitrogen and oxygen atoms in total. The van der Waals surface area contributed by atoms with Crippen LogP contribution in [0, 0.1) is 6.92 Å². The van der Waals surface area contributed by atoms with Crippen LogP contribution in [0.4, 0.5) is 0 Å². The van der Waals surface area contributed by atoms with E-state index in [1.807, 2.05) is 0 Å². The van der Waals surface area contributed by atoms with Crippen LogP contribution in [-0.2, 0) is 18.5 Å². The summed E-state index contributed by atoms with van der Waals surface area (Å²) in [4.78, 5) is 22.7. The number of hydrogen-bond acceptors (Lipinski definition) is 3. The zero-order valence-electron chi connectivity index (χ0n) is 19.1. The molecule has 1 aromatic carbocycles. The number of carbonyl (C=O) groups is 1. The third-order valence-electron chi connectivity index (χ3n) is 8.05. The first-order valence-corrected chi connectivity index (χ1v) is 12.1. The Morgan fingerprint density at radius 1 is 1.06 bits per heavy atom. The van der Waals surface area contributed by atoms with Crippen molar-refractivity contribution in [3.63, 3.8) is 0 Å². The Kier molecular flexibility index (Phi) is 5.60. The summed E-state index contributed by atoms with van der Waals surface area (Å²) >= 11 is 0. The minimum Gasteiger partial charge on any atom is -0.330 e. The zero-order valence-corrected chi connectivity index (χ0v) is 19.1. The van der Waals surface area contributed by atoms with E-state index in [0.717, 1.165) is 49.4 Å². The standard InChI is InChI=1S/C27H35N3O/c1-20-21(18-29-15-13-27(2,14-16-29)22-9-5-3-6-10-22)17-24-25(28-20)19-30(26(24)31)23-11-7-4-8-12-23/h3,5-6,9-10,17,23H,4,7-8,11-16,18-19H2,1-2H3. The Morgan fingerprint density at radius 3 is 2.48 bits per heavy atom. The number of pyridine rings is 1. The van der Waals surface area contributed by atoms with Gasteiger partial charge in [0.2, 0.25) is 0 Å². The maximum atomic E-state index is 13.2. The average Bonchev–Trinajstić information content (AvgIpc) is 3.12. The van der Waals surface area contributed by atoms with E-state index in [-0.39, 0.29) is 11.3 Å². The number of piperidine rings is 1. The van der Waals surface area contributed by atoms with Crippen LogP contribution in [0.3, 0.4) is 0 Å². The van der Waals surface area contributed by atoms with Gasteiger partial charge in [0.05, 0.1) is 17.8 Å². The minimum atomic E-state index is 0.214. The third kappa shape index (κ3) is 4.03. The van der Waals surface area contributed by atoms with Gasteiger partial charge in [-0.2, -0.15) is 0 Å². The van der Waals surface area contributed by atoms with Crippen LogP contribution in [0.15, 0.2) is 36.4 Å². The van der Waals surface area contributed by atoms with Crippen LogP contribution in [0.2, 0.25) is 0 Å². The van der Waals surface area contributed by atoms with Crippen molar-refractivity contribution in [2.24, 2.45) is 0 Å². The summed E-state index contributed by atoms with van der Waals surface area (Å²) in [6, 6.07) is 13.5.